The van der Waals surface area contributed by atoms with Gasteiger partial charge in [0.15, 0.2) is 0 Å². The summed E-state index contributed by atoms with van der Waals surface area (Å²) in [6.45, 7) is 2.23. The Balaban J connectivity index is 1.97. The van der Waals surface area contributed by atoms with Gasteiger partial charge in [0, 0.05) is 35.1 Å². The average Bonchev–Trinajstić information content (AvgIpc) is 2.72. The summed E-state index contributed by atoms with van der Waals surface area (Å²) in [6.07, 6.45) is 0.548. The zero-order valence-electron chi connectivity index (χ0n) is 12.6. The van der Waals surface area contributed by atoms with E-state index in [2.05, 4.69) is 4.99 Å². The molecule has 120 valence electrons. The SMILES string of the molecule is Cc1cc(O)c(C2=NCCSC(c3cccc(Cl)c3)C2)c(=O)o1. The highest BCUT2D eigenvalue weighted by atomic mass is 35.5. The number of nitrogens with zero attached hydrogens (tertiary/aromatic N) is 1. The van der Waals surface area contributed by atoms with E-state index in [9.17, 15) is 9.90 Å². The average molecular weight is 350 g/mol. The van der Waals surface area contributed by atoms with Gasteiger partial charge < -0.3 is 9.52 Å². The molecule has 1 aliphatic heterocycles. The third kappa shape index (κ3) is 3.62. The molecule has 0 fully saturated rings. The Morgan fingerprint density at radius 2 is 2.22 bits per heavy atom. The zero-order valence-corrected chi connectivity index (χ0v) is 14.2. The van der Waals surface area contributed by atoms with Crippen LogP contribution in [-0.4, -0.2) is 23.1 Å². The van der Waals surface area contributed by atoms with Crippen molar-refractivity contribution in [1.29, 1.82) is 0 Å². The number of hydrogen-bond donors (Lipinski definition) is 1. The fourth-order valence-corrected chi connectivity index (χ4v) is 3.93. The molecule has 0 saturated carbocycles. The lowest BCUT2D eigenvalue weighted by Crippen LogP contribution is -2.17. The number of rotatable bonds is 2. The maximum absolute atomic E-state index is 12.1. The fourth-order valence-electron chi connectivity index (χ4n) is 2.64. The van der Waals surface area contributed by atoms with Gasteiger partial charge in [-0.15, -0.1) is 0 Å². The monoisotopic (exact) mass is 349 g/mol. The number of aliphatic imine (C=N–C) groups is 1. The molecule has 2 aromatic rings. The van der Waals surface area contributed by atoms with Gasteiger partial charge in [0.25, 0.3) is 0 Å². The first kappa shape index (κ1) is 16.1. The van der Waals surface area contributed by atoms with Crippen molar-refractivity contribution in [2.75, 3.05) is 12.3 Å². The third-order valence-electron chi connectivity index (χ3n) is 3.65. The molecular formula is C17H16ClNO3S. The highest BCUT2D eigenvalue weighted by Gasteiger charge is 2.23. The molecule has 1 aliphatic rings. The second-order valence-corrected chi connectivity index (χ2v) is 7.10. The van der Waals surface area contributed by atoms with Crippen LogP contribution in [0.2, 0.25) is 5.02 Å². The maximum Gasteiger partial charge on any atom is 0.348 e. The maximum atomic E-state index is 12.1. The molecule has 3 rings (SSSR count). The molecule has 2 heterocycles. The Labute approximate surface area is 143 Å². The van der Waals surface area contributed by atoms with E-state index in [0.717, 1.165) is 11.3 Å². The molecule has 1 aromatic carbocycles. The zero-order chi connectivity index (χ0) is 16.4. The first-order valence-corrected chi connectivity index (χ1v) is 8.72. The molecule has 0 saturated heterocycles. The molecule has 0 spiro atoms. The lowest BCUT2D eigenvalue weighted by molar-refractivity contribution is 0.432. The van der Waals surface area contributed by atoms with Gasteiger partial charge in [0.2, 0.25) is 0 Å². The lowest BCUT2D eigenvalue weighted by Gasteiger charge is -2.16. The lowest BCUT2D eigenvalue weighted by atomic mass is 10.0. The van der Waals surface area contributed by atoms with Crippen LogP contribution in [0.4, 0.5) is 0 Å². The van der Waals surface area contributed by atoms with Crippen molar-refractivity contribution < 1.29 is 9.52 Å². The topological polar surface area (TPSA) is 62.8 Å². The van der Waals surface area contributed by atoms with Gasteiger partial charge in [-0.05, 0) is 24.6 Å². The van der Waals surface area contributed by atoms with Crippen molar-refractivity contribution in [2.45, 2.75) is 18.6 Å². The van der Waals surface area contributed by atoms with Crippen LogP contribution < -0.4 is 5.63 Å². The first-order valence-electron chi connectivity index (χ1n) is 7.29. The Kier molecular flexibility index (Phi) is 4.78. The summed E-state index contributed by atoms with van der Waals surface area (Å²) in [5.41, 5.74) is 1.31. The Morgan fingerprint density at radius 1 is 1.39 bits per heavy atom. The number of thioether (sulfide) groups is 1. The minimum absolute atomic E-state index is 0.0748. The minimum Gasteiger partial charge on any atom is -0.507 e. The Morgan fingerprint density at radius 3 is 2.96 bits per heavy atom. The van der Waals surface area contributed by atoms with Gasteiger partial charge in [0.05, 0.1) is 5.71 Å². The van der Waals surface area contributed by atoms with Crippen molar-refractivity contribution >= 4 is 29.1 Å². The van der Waals surface area contributed by atoms with Gasteiger partial charge in [0.1, 0.15) is 17.1 Å². The Bertz CT molecular complexity index is 816. The number of aryl methyl sites for hydroxylation is 1. The van der Waals surface area contributed by atoms with Crippen molar-refractivity contribution in [2.24, 2.45) is 4.99 Å². The van der Waals surface area contributed by atoms with Crippen LogP contribution in [0.15, 0.2) is 44.5 Å². The Hall–Kier alpha value is -1.72. The van der Waals surface area contributed by atoms with Gasteiger partial charge in [-0.2, -0.15) is 11.8 Å². The first-order chi connectivity index (χ1) is 11.0. The van der Waals surface area contributed by atoms with Crippen molar-refractivity contribution in [3.8, 4) is 5.75 Å². The molecule has 6 heteroatoms. The molecule has 0 amide bonds. The fraction of sp³-hybridized carbons (Fsp3) is 0.294. The minimum atomic E-state index is -0.544. The van der Waals surface area contributed by atoms with E-state index in [4.69, 9.17) is 16.0 Å². The normalized spacial score (nSPS) is 18.3. The summed E-state index contributed by atoms with van der Waals surface area (Å²) >= 11 is 7.85. The second-order valence-electron chi connectivity index (χ2n) is 5.35. The molecule has 1 unspecified atom stereocenters. The molecular weight excluding hydrogens is 334 g/mol. The molecule has 1 atom stereocenters. The molecule has 1 N–H and O–H groups in total. The number of benzene rings is 1. The summed E-state index contributed by atoms with van der Waals surface area (Å²) in [7, 11) is 0. The summed E-state index contributed by atoms with van der Waals surface area (Å²) < 4.78 is 5.12. The van der Waals surface area contributed by atoms with Crippen molar-refractivity contribution in [3.05, 3.63) is 62.7 Å². The van der Waals surface area contributed by atoms with Crippen LogP contribution in [0.25, 0.3) is 0 Å². The smallest absolute Gasteiger partial charge is 0.348 e. The van der Waals surface area contributed by atoms with Gasteiger partial charge in [-0.3, -0.25) is 4.99 Å². The third-order valence-corrected chi connectivity index (χ3v) is 5.15. The predicted molar refractivity (Wildman–Crippen MR) is 94.1 cm³/mol. The highest BCUT2D eigenvalue weighted by Crippen LogP contribution is 2.36. The quantitative estimate of drug-likeness (QED) is 0.890. The molecule has 1 aromatic heterocycles. The molecule has 0 bridgehead atoms. The van der Waals surface area contributed by atoms with E-state index in [1.807, 2.05) is 24.3 Å². The summed E-state index contributed by atoms with van der Waals surface area (Å²) in [4.78, 5) is 16.6. The van der Waals surface area contributed by atoms with E-state index in [1.54, 1.807) is 18.7 Å². The summed E-state index contributed by atoms with van der Waals surface area (Å²) in [6, 6.07) is 9.15. The van der Waals surface area contributed by atoms with Crippen LogP contribution in [0.1, 0.15) is 28.6 Å². The van der Waals surface area contributed by atoms with E-state index < -0.39 is 5.63 Å². The van der Waals surface area contributed by atoms with Crippen LogP contribution in [-0.2, 0) is 0 Å². The standard InChI is InChI=1S/C17H16ClNO3S/c1-10-7-14(20)16(17(21)22-10)13-9-15(23-6-5-19-13)11-3-2-4-12(18)8-11/h2-4,7-8,15,20H,5-6,9H2,1H3. The predicted octanol–water partition coefficient (Wildman–Crippen LogP) is 3.97. The van der Waals surface area contributed by atoms with Crippen LogP contribution in [0.5, 0.6) is 5.75 Å². The second kappa shape index (κ2) is 6.81. The van der Waals surface area contributed by atoms with E-state index in [1.165, 1.54) is 6.07 Å². The van der Waals surface area contributed by atoms with Gasteiger partial charge >= 0.3 is 5.63 Å². The number of aromatic hydroxyl groups is 1. The largest absolute Gasteiger partial charge is 0.507 e. The molecule has 4 nitrogen and oxygen atoms in total. The van der Waals surface area contributed by atoms with E-state index in [-0.39, 0.29) is 16.6 Å². The molecule has 0 radical (unpaired) electrons. The number of hydrogen-bond acceptors (Lipinski definition) is 5. The van der Waals surface area contributed by atoms with Crippen molar-refractivity contribution in [1.82, 2.24) is 0 Å². The van der Waals surface area contributed by atoms with Crippen LogP contribution in [0.3, 0.4) is 0 Å². The van der Waals surface area contributed by atoms with Crippen molar-refractivity contribution in [3.63, 3.8) is 0 Å². The van der Waals surface area contributed by atoms with E-state index in [0.29, 0.717) is 29.5 Å². The molecule has 0 aliphatic carbocycles. The molecule has 23 heavy (non-hydrogen) atoms. The number of halogens is 1. The van der Waals surface area contributed by atoms with E-state index >= 15 is 0 Å². The van der Waals surface area contributed by atoms with Gasteiger partial charge in [-0.25, -0.2) is 4.79 Å². The summed E-state index contributed by atoms with van der Waals surface area (Å²) in [5, 5.41) is 11.0. The van der Waals surface area contributed by atoms with Gasteiger partial charge in [-0.1, -0.05) is 23.7 Å². The van der Waals surface area contributed by atoms with Crippen LogP contribution in [0, 0.1) is 6.92 Å². The summed E-state index contributed by atoms with van der Waals surface area (Å²) in [5.74, 6) is 1.15. The van der Waals surface area contributed by atoms with Crippen LogP contribution >= 0.6 is 23.4 Å². The highest BCUT2D eigenvalue weighted by molar-refractivity contribution is 7.99.